The highest BCUT2D eigenvalue weighted by molar-refractivity contribution is 5.94. The largest absolute Gasteiger partial charge is 0.492 e. The number of carbonyl (C=O) groups excluding carboxylic acids is 2. The summed E-state index contributed by atoms with van der Waals surface area (Å²) in [5, 5.41) is 9.67. The standard InChI is InChI=1S/C32H35N5O5/c38-31(26-15-13-25(14-16-26)24-8-3-1-4-9-24)33-17-7-12-29-35-30(36-42-29)32(39)34-22-27(37-18-20-40-21-19-37)23-41-28-10-5-2-6-11-28/h1-6,8-11,13-16,27H,7,12,17-23H2,(H,33,38)(H,34,39). The van der Waals surface area contributed by atoms with E-state index in [1.165, 1.54) is 0 Å². The summed E-state index contributed by atoms with van der Waals surface area (Å²) in [6.45, 7) is 4.04. The van der Waals surface area contributed by atoms with Crippen molar-refractivity contribution in [2.45, 2.75) is 18.9 Å². The number of rotatable bonds is 13. The van der Waals surface area contributed by atoms with Crippen molar-refractivity contribution in [2.24, 2.45) is 0 Å². The van der Waals surface area contributed by atoms with E-state index in [-0.39, 0.29) is 17.8 Å². The number of ether oxygens (including phenoxy) is 2. The molecule has 2 N–H and O–H groups in total. The number of nitrogens with zero attached hydrogens (tertiary/aromatic N) is 3. The summed E-state index contributed by atoms with van der Waals surface area (Å²) in [5.74, 6) is 0.555. The molecule has 1 aliphatic heterocycles. The molecule has 1 atom stereocenters. The summed E-state index contributed by atoms with van der Waals surface area (Å²) >= 11 is 0. The number of hydrogen-bond donors (Lipinski definition) is 2. The van der Waals surface area contributed by atoms with Gasteiger partial charge in [0.2, 0.25) is 5.89 Å². The molecule has 4 aromatic rings. The van der Waals surface area contributed by atoms with Gasteiger partial charge in [-0.3, -0.25) is 14.5 Å². The van der Waals surface area contributed by atoms with Gasteiger partial charge in [-0.2, -0.15) is 4.98 Å². The summed E-state index contributed by atoms with van der Waals surface area (Å²) in [4.78, 5) is 31.8. The van der Waals surface area contributed by atoms with Crippen molar-refractivity contribution in [3.63, 3.8) is 0 Å². The molecule has 10 heteroatoms. The monoisotopic (exact) mass is 569 g/mol. The van der Waals surface area contributed by atoms with Gasteiger partial charge in [0.05, 0.1) is 19.3 Å². The van der Waals surface area contributed by atoms with E-state index in [2.05, 4.69) is 25.7 Å². The molecule has 1 saturated heterocycles. The molecule has 0 aliphatic carbocycles. The van der Waals surface area contributed by atoms with E-state index in [0.717, 1.165) is 30.0 Å². The van der Waals surface area contributed by atoms with Gasteiger partial charge in [-0.05, 0) is 41.8 Å². The number of carbonyl (C=O) groups is 2. The first-order valence-electron chi connectivity index (χ1n) is 14.2. The number of benzene rings is 3. The molecule has 0 bridgehead atoms. The first kappa shape index (κ1) is 29.0. The maximum Gasteiger partial charge on any atom is 0.292 e. The van der Waals surface area contributed by atoms with Gasteiger partial charge in [0.1, 0.15) is 12.4 Å². The van der Waals surface area contributed by atoms with Gasteiger partial charge in [0.15, 0.2) is 0 Å². The number of nitrogens with one attached hydrogen (secondary N) is 2. The summed E-state index contributed by atoms with van der Waals surface area (Å²) in [6, 6.07) is 27.1. The normalized spacial score (nSPS) is 14.2. The Kier molecular flexibility index (Phi) is 10.3. The van der Waals surface area contributed by atoms with Crippen molar-refractivity contribution in [3.8, 4) is 16.9 Å². The average Bonchev–Trinajstić information content (AvgIpc) is 3.53. The van der Waals surface area contributed by atoms with Crippen LogP contribution in [-0.2, 0) is 11.2 Å². The van der Waals surface area contributed by atoms with Crippen molar-refractivity contribution in [2.75, 3.05) is 46.0 Å². The molecule has 0 saturated carbocycles. The first-order valence-corrected chi connectivity index (χ1v) is 14.2. The predicted octanol–water partition coefficient (Wildman–Crippen LogP) is 3.61. The van der Waals surface area contributed by atoms with Crippen LogP contribution in [0.25, 0.3) is 11.1 Å². The number of amides is 2. The minimum atomic E-state index is -0.407. The number of morpholine rings is 1. The van der Waals surface area contributed by atoms with E-state index in [1.807, 2.05) is 84.9 Å². The smallest absolute Gasteiger partial charge is 0.292 e. The highest BCUT2D eigenvalue weighted by Gasteiger charge is 2.24. The van der Waals surface area contributed by atoms with Crippen molar-refractivity contribution < 1.29 is 23.6 Å². The van der Waals surface area contributed by atoms with Crippen LogP contribution < -0.4 is 15.4 Å². The van der Waals surface area contributed by atoms with Crippen LogP contribution in [-0.4, -0.2) is 78.9 Å². The topological polar surface area (TPSA) is 119 Å². The van der Waals surface area contributed by atoms with Gasteiger partial charge in [0, 0.05) is 38.2 Å². The number of para-hydroxylation sites is 1. The zero-order chi connectivity index (χ0) is 29.0. The van der Waals surface area contributed by atoms with Gasteiger partial charge in [-0.1, -0.05) is 65.8 Å². The third kappa shape index (κ3) is 8.25. The Morgan fingerprint density at radius 3 is 2.29 bits per heavy atom. The van der Waals surface area contributed by atoms with E-state index in [1.54, 1.807) is 0 Å². The molecule has 1 aliphatic rings. The fourth-order valence-electron chi connectivity index (χ4n) is 4.67. The van der Waals surface area contributed by atoms with E-state index in [9.17, 15) is 9.59 Å². The van der Waals surface area contributed by atoms with Gasteiger partial charge in [-0.15, -0.1) is 0 Å². The summed E-state index contributed by atoms with van der Waals surface area (Å²) in [7, 11) is 0. The molecule has 42 heavy (non-hydrogen) atoms. The van der Waals surface area contributed by atoms with Crippen LogP contribution >= 0.6 is 0 Å². The second-order valence-electron chi connectivity index (χ2n) is 9.95. The third-order valence-corrected chi connectivity index (χ3v) is 7.02. The van der Waals surface area contributed by atoms with Crippen molar-refractivity contribution >= 4 is 11.8 Å². The molecule has 0 radical (unpaired) electrons. The van der Waals surface area contributed by atoms with Crippen molar-refractivity contribution in [3.05, 3.63) is 102 Å². The van der Waals surface area contributed by atoms with Crippen LogP contribution in [0.3, 0.4) is 0 Å². The Morgan fingerprint density at radius 2 is 1.55 bits per heavy atom. The lowest BCUT2D eigenvalue weighted by molar-refractivity contribution is 0.00641. The minimum Gasteiger partial charge on any atom is -0.492 e. The number of aromatic nitrogens is 2. The molecule has 10 nitrogen and oxygen atoms in total. The van der Waals surface area contributed by atoms with Gasteiger partial charge < -0.3 is 24.6 Å². The number of aryl methyl sites for hydroxylation is 1. The van der Waals surface area contributed by atoms with E-state index < -0.39 is 5.91 Å². The molecule has 5 rings (SSSR count). The second kappa shape index (κ2) is 14.9. The maximum atomic E-state index is 12.8. The van der Waals surface area contributed by atoms with Gasteiger partial charge in [-0.25, -0.2) is 0 Å². The van der Waals surface area contributed by atoms with Gasteiger partial charge in [0.25, 0.3) is 17.6 Å². The quantitative estimate of drug-likeness (QED) is 0.235. The van der Waals surface area contributed by atoms with Crippen LogP contribution in [0.4, 0.5) is 0 Å². The zero-order valence-electron chi connectivity index (χ0n) is 23.4. The second-order valence-corrected chi connectivity index (χ2v) is 9.95. The molecule has 1 fully saturated rings. The van der Waals surface area contributed by atoms with Crippen molar-refractivity contribution in [1.82, 2.24) is 25.7 Å². The predicted molar refractivity (Wildman–Crippen MR) is 157 cm³/mol. The molecule has 2 amide bonds. The fraction of sp³-hybridized carbons (Fsp3) is 0.312. The average molecular weight is 570 g/mol. The van der Waals surface area contributed by atoms with Crippen LogP contribution in [0.5, 0.6) is 5.75 Å². The van der Waals surface area contributed by atoms with Crippen LogP contribution in [0.1, 0.15) is 33.3 Å². The molecule has 2 heterocycles. The molecule has 1 unspecified atom stereocenters. The highest BCUT2D eigenvalue weighted by Crippen LogP contribution is 2.19. The summed E-state index contributed by atoms with van der Waals surface area (Å²) < 4.78 is 16.7. The molecular weight excluding hydrogens is 534 g/mol. The fourth-order valence-corrected chi connectivity index (χ4v) is 4.67. The van der Waals surface area contributed by atoms with E-state index in [4.69, 9.17) is 14.0 Å². The van der Waals surface area contributed by atoms with E-state index >= 15 is 0 Å². The van der Waals surface area contributed by atoms with Crippen LogP contribution in [0.15, 0.2) is 89.5 Å². The Morgan fingerprint density at radius 1 is 0.857 bits per heavy atom. The molecule has 1 aromatic heterocycles. The van der Waals surface area contributed by atoms with E-state index in [0.29, 0.717) is 57.2 Å². The Labute approximate surface area is 245 Å². The van der Waals surface area contributed by atoms with Crippen molar-refractivity contribution in [1.29, 1.82) is 0 Å². The summed E-state index contributed by atoms with van der Waals surface area (Å²) in [6.07, 6.45) is 1.03. The lowest BCUT2D eigenvalue weighted by Crippen LogP contribution is -2.51. The third-order valence-electron chi connectivity index (χ3n) is 7.02. The maximum absolute atomic E-state index is 12.8. The number of hydrogen-bond acceptors (Lipinski definition) is 8. The minimum absolute atomic E-state index is 0.0164. The lowest BCUT2D eigenvalue weighted by Gasteiger charge is -2.34. The molecule has 3 aromatic carbocycles. The molecule has 218 valence electrons. The summed E-state index contributed by atoms with van der Waals surface area (Å²) in [5.41, 5.74) is 2.75. The highest BCUT2D eigenvalue weighted by atomic mass is 16.5. The Bertz CT molecular complexity index is 1410. The molecule has 0 spiro atoms. The van der Waals surface area contributed by atoms with Crippen LogP contribution in [0, 0.1) is 0 Å². The zero-order valence-corrected chi connectivity index (χ0v) is 23.4. The van der Waals surface area contributed by atoms with Crippen LogP contribution in [0.2, 0.25) is 0 Å². The lowest BCUT2D eigenvalue weighted by atomic mass is 10.0. The SMILES string of the molecule is O=C(NCCCc1nc(C(=O)NCC(COc2ccccc2)N2CCOCC2)no1)c1ccc(-c2ccccc2)cc1. The molecular formula is C32H35N5O5. The van der Waals surface area contributed by atoms with Gasteiger partial charge >= 0.3 is 0 Å². The Balaban J connectivity index is 1.05. The first-order chi connectivity index (χ1) is 20.7. The Hall–Kier alpha value is -4.54.